The highest BCUT2D eigenvalue weighted by Crippen LogP contribution is 2.27. The molecule has 24 heavy (non-hydrogen) atoms. The largest absolute Gasteiger partial charge is 0.493 e. The van der Waals surface area contributed by atoms with Crippen LogP contribution in [0.5, 0.6) is 11.5 Å². The van der Waals surface area contributed by atoms with Gasteiger partial charge in [-0.3, -0.25) is 4.79 Å². The number of nitrogens with zero attached hydrogens (tertiary/aromatic N) is 1. The molecule has 124 valence electrons. The molecule has 0 aliphatic carbocycles. The highest BCUT2D eigenvalue weighted by Gasteiger charge is 2.09. The number of hydrogen-bond donors (Lipinski definition) is 1. The Morgan fingerprint density at radius 3 is 2.42 bits per heavy atom. The van der Waals surface area contributed by atoms with E-state index in [1.807, 2.05) is 43.3 Å². The Kier molecular flexibility index (Phi) is 6.14. The first kappa shape index (κ1) is 17.3. The highest BCUT2D eigenvalue weighted by atomic mass is 16.5. The summed E-state index contributed by atoms with van der Waals surface area (Å²) in [6.07, 6.45) is 3.58. The Morgan fingerprint density at radius 1 is 1.04 bits per heavy atom. The molecule has 0 saturated carbocycles. The molecule has 5 heteroatoms. The molecule has 2 aromatic rings. The molecule has 2 rings (SSSR count). The first-order valence-corrected chi connectivity index (χ1v) is 7.43. The normalized spacial score (nSPS) is 11.4. The number of benzene rings is 2. The second-order valence-corrected chi connectivity index (χ2v) is 5.07. The van der Waals surface area contributed by atoms with Crippen LogP contribution in [0.1, 0.15) is 22.8 Å². The van der Waals surface area contributed by atoms with Crippen LogP contribution < -0.4 is 14.9 Å². The van der Waals surface area contributed by atoms with Crippen LogP contribution in [0.25, 0.3) is 6.08 Å². The number of carbonyl (C=O) groups excluding carboxylic acids is 1. The third kappa shape index (κ3) is 4.71. The van der Waals surface area contributed by atoms with E-state index >= 15 is 0 Å². The van der Waals surface area contributed by atoms with E-state index in [1.54, 1.807) is 31.5 Å². The van der Waals surface area contributed by atoms with E-state index in [9.17, 15) is 4.79 Å². The van der Waals surface area contributed by atoms with Crippen LogP contribution >= 0.6 is 0 Å². The van der Waals surface area contributed by atoms with Crippen molar-refractivity contribution in [1.82, 2.24) is 5.43 Å². The molecule has 0 heterocycles. The SMILES string of the molecule is COc1ccc(C(=O)NN=C/C(C)=C\c2ccccc2)cc1OC. The zero-order chi connectivity index (χ0) is 17.4. The lowest BCUT2D eigenvalue weighted by molar-refractivity contribution is 0.0954. The third-order valence-electron chi connectivity index (χ3n) is 3.27. The molecule has 0 spiro atoms. The molecule has 0 aliphatic rings. The van der Waals surface area contributed by atoms with Gasteiger partial charge in [-0.1, -0.05) is 36.4 Å². The maximum absolute atomic E-state index is 12.1. The minimum absolute atomic E-state index is 0.320. The summed E-state index contributed by atoms with van der Waals surface area (Å²) in [5, 5.41) is 3.98. The molecule has 1 N–H and O–H groups in total. The summed E-state index contributed by atoms with van der Waals surface area (Å²) in [5.41, 5.74) is 4.94. The van der Waals surface area contributed by atoms with Crippen LogP contribution in [0.2, 0.25) is 0 Å². The fraction of sp³-hybridized carbons (Fsp3) is 0.158. The van der Waals surface area contributed by atoms with E-state index in [2.05, 4.69) is 10.5 Å². The maximum Gasteiger partial charge on any atom is 0.271 e. The predicted molar refractivity (Wildman–Crippen MR) is 95.6 cm³/mol. The van der Waals surface area contributed by atoms with Gasteiger partial charge >= 0.3 is 0 Å². The first-order chi connectivity index (χ1) is 11.6. The van der Waals surface area contributed by atoms with Crippen molar-refractivity contribution in [2.24, 2.45) is 5.10 Å². The van der Waals surface area contributed by atoms with Crippen LogP contribution in [-0.4, -0.2) is 26.3 Å². The van der Waals surface area contributed by atoms with Gasteiger partial charge < -0.3 is 9.47 Å². The van der Waals surface area contributed by atoms with Crippen LogP contribution in [0.4, 0.5) is 0 Å². The highest BCUT2D eigenvalue weighted by molar-refractivity contribution is 5.95. The molecular weight excluding hydrogens is 304 g/mol. The molecule has 1 amide bonds. The number of allylic oxidation sites excluding steroid dienone is 1. The fourth-order valence-electron chi connectivity index (χ4n) is 2.08. The van der Waals surface area contributed by atoms with Gasteiger partial charge in [0.2, 0.25) is 0 Å². The Hall–Kier alpha value is -3.08. The number of ether oxygens (including phenoxy) is 2. The molecule has 0 fully saturated rings. The zero-order valence-corrected chi connectivity index (χ0v) is 13.9. The van der Waals surface area contributed by atoms with Gasteiger partial charge in [0, 0.05) is 5.56 Å². The van der Waals surface area contributed by atoms with Crippen molar-refractivity contribution in [2.75, 3.05) is 14.2 Å². The molecule has 0 aliphatic heterocycles. The molecular formula is C19H20N2O3. The quantitative estimate of drug-likeness (QED) is 0.653. The van der Waals surface area contributed by atoms with E-state index in [-0.39, 0.29) is 5.91 Å². The van der Waals surface area contributed by atoms with Crippen molar-refractivity contribution in [1.29, 1.82) is 0 Å². The van der Waals surface area contributed by atoms with Crippen LogP contribution in [0, 0.1) is 0 Å². The third-order valence-corrected chi connectivity index (χ3v) is 3.27. The van der Waals surface area contributed by atoms with Gasteiger partial charge in [0.05, 0.1) is 20.4 Å². The van der Waals surface area contributed by atoms with Crippen molar-refractivity contribution in [2.45, 2.75) is 6.92 Å². The first-order valence-electron chi connectivity index (χ1n) is 7.43. The Morgan fingerprint density at radius 2 is 1.75 bits per heavy atom. The number of hydrazone groups is 1. The second-order valence-electron chi connectivity index (χ2n) is 5.07. The lowest BCUT2D eigenvalue weighted by atomic mass is 10.1. The van der Waals surface area contributed by atoms with E-state index in [0.29, 0.717) is 17.1 Å². The topological polar surface area (TPSA) is 59.9 Å². The minimum Gasteiger partial charge on any atom is -0.493 e. The summed E-state index contributed by atoms with van der Waals surface area (Å²) in [7, 11) is 3.07. The number of nitrogens with one attached hydrogen (secondary N) is 1. The summed E-state index contributed by atoms with van der Waals surface area (Å²) >= 11 is 0. The van der Waals surface area contributed by atoms with Gasteiger partial charge in [-0.25, -0.2) is 5.43 Å². The monoisotopic (exact) mass is 324 g/mol. The number of amides is 1. The summed E-state index contributed by atoms with van der Waals surface area (Å²) in [6, 6.07) is 14.8. The molecule has 0 unspecified atom stereocenters. The van der Waals surface area contributed by atoms with Gasteiger partial charge in [0.1, 0.15) is 0 Å². The molecule has 0 aromatic heterocycles. The average Bonchev–Trinajstić information content (AvgIpc) is 2.61. The maximum atomic E-state index is 12.1. The van der Waals surface area contributed by atoms with Crippen molar-refractivity contribution < 1.29 is 14.3 Å². The zero-order valence-electron chi connectivity index (χ0n) is 13.9. The number of methoxy groups -OCH3 is 2. The van der Waals surface area contributed by atoms with Gasteiger partial charge in [-0.2, -0.15) is 5.10 Å². The van der Waals surface area contributed by atoms with Crippen LogP contribution in [-0.2, 0) is 0 Å². The Labute approximate surface area is 141 Å². The van der Waals surface area contributed by atoms with Gasteiger partial charge in [-0.15, -0.1) is 0 Å². The van der Waals surface area contributed by atoms with Crippen molar-refractivity contribution >= 4 is 18.2 Å². The number of rotatable bonds is 6. The van der Waals surface area contributed by atoms with Crippen LogP contribution in [0.3, 0.4) is 0 Å². The van der Waals surface area contributed by atoms with Crippen molar-refractivity contribution in [3.05, 3.63) is 65.2 Å². The van der Waals surface area contributed by atoms with Gasteiger partial charge in [-0.05, 0) is 36.3 Å². The summed E-state index contributed by atoms with van der Waals surface area (Å²) < 4.78 is 10.3. The summed E-state index contributed by atoms with van der Waals surface area (Å²) in [5.74, 6) is 0.744. The predicted octanol–water partition coefficient (Wildman–Crippen LogP) is 3.52. The van der Waals surface area contributed by atoms with E-state index < -0.39 is 0 Å². The smallest absolute Gasteiger partial charge is 0.271 e. The van der Waals surface area contributed by atoms with E-state index in [1.165, 1.54) is 7.11 Å². The Bertz CT molecular complexity index is 752. The molecule has 0 saturated heterocycles. The molecule has 2 aromatic carbocycles. The number of hydrogen-bond acceptors (Lipinski definition) is 4. The lowest BCUT2D eigenvalue weighted by Gasteiger charge is -2.08. The molecule has 0 radical (unpaired) electrons. The standard InChI is InChI=1S/C19H20N2O3/c1-14(11-15-7-5-4-6-8-15)13-20-21-19(22)16-9-10-17(23-2)18(12-16)24-3/h4-13H,1-3H3,(H,21,22)/b14-11-,20-13?. The Balaban J connectivity index is 2.01. The van der Waals surface area contributed by atoms with Crippen LogP contribution in [0.15, 0.2) is 59.2 Å². The lowest BCUT2D eigenvalue weighted by Crippen LogP contribution is -2.17. The van der Waals surface area contributed by atoms with Gasteiger partial charge in [0.15, 0.2) is 11.5 Å². The number of carbonyl (C=O) groups is 1. The summed E-state index contributed by atoms with van der Waals surface area (Å²) in [4.78, 5) is 12.1. The average molecular weight is 324 g/mol. The van der Waals surface area contributed by atoms with Gasteiger partial charge in [0.25, 0.3) is 5.91 Å². The fourth-order valence-corrected chi connectivity index (χ4v) is 2.08. The minimum atomic E-state index is -0.320. The molecule has 5 nitrogen and oxygen atoms in total. The van der Waals surface area contributed by atoms with E-state index in [4.69, 9.17) is 9.47 Å². The molecule has 0 atom stereocenters. The second kappa shape index (κ2) is 8.53. The van der Waals surface area contributed by atoms with Crippen molar-refractivity contribution in [3.63, 3.8) is 0 Å². The van der Waals surface area contributed by atoms with Crippen molar-refractivity contribution in [3.8, 4) is 11.5 Å². The van der Waals surface area contributed by atoms with E-state index in [0.717, 1.165) is 11.1 Å². The molecule has 0 bridgehead atoms. The summed E-state index contributed by atoms with van der Waals surface area (Å²) in [6.45, 7) is 1.92.